The summed E-state index contributed by atoms with van der Waals surface area (Å²) >= 11 is 0. The number of nitrogens with one attached hydrogen (secondary N) is 1. The Kier molecular flexibility index (Phi) is 5.01. The Labute approximate surface area is 131 Å². The molecule has 118 valence electrons. The van der Waals surface area contributed by atoms with E-state index in [1.165, 1.54) is 11.1 Å². The molecular weight excluding hydrogens is 276 g/mol. The highest BCUT2D eigenvalue weighted by Gasteiger charge is 2.13. The minimum atomic E-state index is 0.00995. The van der Waals surface area contributed by atoms with Crippen molar-refractivity contribution in [1.82, 2.24) is 10.3 Å². The van der Waals surface area contributed by atoms with Gasteiger partial charge in [0.15, 0.2) is 0 Å². The van der Waals surface area contributed by atoms with E-state index in [9.17, 15) is 4.79 Å². The summed E-state index contributed by atoms with van der Waals surface area (Å²) in [4.78, 5) is 15.9. The van der Waals surface area contributed by atoms with E-state index in [0.29, 0.717) is 18.9 Å². The third-order valence-electron chi connectivity index (χ3n) is 3.57. The molecule has 4 heteroatoms. The number of carbonyl (C=O) groups excluding carboxylic acids is 1. The van der Waals surface area contributed by atoms with Gasteiger partial charge in [-0.2, -0.15) is 0 Å². The number of hydrogen-bond donors (Lipinski definition) is 1. The van der Waals surface area contributed by atoms with Gasteiger partial charge in [-0.25, -0.2) is 4.98 Å². The van der Waals surface area contributed by atoms with Crippen molar-refractivity contribution in [2.75, 3.05) is 0 Å². The predicted octanol–water partition coefficient (Wildman–Crippen LogP) is 3.53. The monoisotopic (exact) mass is 300 g/mol. The number of aromatic nitrogens is 1. The van der Waals surface area contributed by atoms with Crippen molar-refractivity contribution in [3.05, 3.63) is 53.2 Å². The Morgan fingerprint density at radius 3 is 2.45 bits per heavy atom. The lowest BCUT2D eigenvalue weighted by molar-refractivity contribution is -0.121. The number of aryl methyl sites for hydroxylation is 2. The van der Waals surface area contributed by atoms with Crippen LogP contribution in [0, 0.1) is 6.92 Å². The maximum absolute atomic E-state index is 11.8. The molecule has 0 aliphatic carbocycles. The van der Waals surface area contributed by atoms with E-state index in [4.69, 9.17) is 4.42 Å². The van der Waals surface area contributed by atoms with Gasteiger partial charge in [-0.15, -0.1) is 0 Å². The van der Waals surface area contributed by atoms with E-state index in [0.717, 1.165) is 12.2 Å². The summed E-state index contributed by atoms with van der Waals surface area (Å²) in [5.74, 6) is 1.30. The topological polar surface area (TPSA) is 55.1 Å². The fraction of sp³-hybridized carbons (Fsp3) is 0.444. The highest BCUT2D eigenvalue weighted by atomic mass is 16.4. The van der Waals surface area contributed by atoms with Crippen LogP contribution in [-0.4, -0.2) is 10.9 Å². The minimum absolute atomic E-state index is 0.00995. The lowest BCUT2D eigenvalue weighted by Gasteiger charge is -2.19. The van der Waals surface area contributed by atoms with Crippen molar-refractivity contribution in [2.45, 2.75) is 52.5 Å². The van der Waals surface area contributed by atoms with Gasteiger partial charge in [-0.05, 0) is 29.9 Å². The van der Waals surface area contributed by atoms with Gasteiger partial charge in [-0.3, -0.25) is 4.79 Å². The lowest BCUT2D eigenvalue weighted by atomic mass is 9.86. The molecule has 1 aromatic heterocycles. The Morgan fingerprint density at radius 1 is 1.23 bits per heavy atom. The lowest BCUT2D eigenvalue weighted by Crippen LogP contribution is -2.23. The van der Waals surface area contributed by atoms with Crippen molar-refractivity contribution in [3.8, 4) is 0 Å². The first-order chi connectivity index (χ1) is 10.3. The SMILES string of the molecule is Cc1cnc(CNC(=O)CCc2ccc(C(C)(C)C)cc2)o1. The van der Waals surface area contributed by atoms with Crippen molar-refractivity contribution in [3.63, 3.8) is 0 Å². The zero-order valence-electron chi connectivity index (χ0n) is 13.8. The zero-order chi connectivity index (χ0) is 16.2. The maximum Gasteiger partial charge on any atom is 0.220 e. The van der Waals surface area contributed by atoms with Crippen LogP contribution >= 0.6 is 0 Å². The van der Waals surface area contributed by atoms with E-state index < -0.39 is 0 Å². The average molecular weight is 300 g/mol. The van der Waals surface area contributed by atoms with Crippen LogP contribution in [0.15, 0.2) is 34.9 Å². The second kappa shape index (κ2) is 6.77. The summed E-state index contributed by atoms with van der Waals surface area (Å²) in [6.45, 7) is 8.76. The van der Waals surface area contributed by atoms with Gasteiger partial charge in [-0.1, -0.05) is 45.0 Å². The van der Waals surface area contributed by atoms with E-state index in [-0.39, 0.29) is 11.3 Å². The molecule has 1 amide bonds. The molecule has 0 bridgehead atoms. The number of oxazole rings is 1. The van der Waals surface area contributed by atoms with Gasteiger partial charge < -0.3 is 9.73 Å². The molecule has 0 aliphatic heterocycles. The summed E-state index contributed by atoms with van der Waals surface area (Å²) in [6, 6.07) is 8.49. The second-order valence-electron chi connectivity index (χ2n) is 6.59. The van der Waals surface area contributed by atoms with Crippen LogP contribution in [0.3, 0.4) is 0 Å². The summed E-state index contributed by atoms with van der Waals surface area (Å²) in [5.41, 5.74) is 2.64. The largest absolute Gasteiger partial charge is 0.444 e. The number of nitrogens with zero attached hydrogens (tertiary/aromatic N) is 1. The zero-order valence-corrected chi connectivity index (χ0v) is 13.8. The predicted molar refractivity (Wildman–Crippen MR) is 86.5 cm³/mol. The number of rotatable bonds is 5. The first kappa shape index (κ1) is 16.3. The van der Waals surface area contributed by atoms with Crippen LogP contribution in [0.2, 0.25) is 0 Å². The normalized spacial score (nSPS) is 11.5. The molecule has 22 heavy (non-hydrogen) atoms. The number of carbonyl (C=O) groups is 1. The Hall–Kier alpha value is -2.10. The van der Waals surface area contributed by atoms with Crippen molar-refractivity contribution in [1.29, 1.82) is 0 Å². The second-order valence-corrected chi connectivity index (χ2v) is 6.59. The Morgan fingerprint density at radius 2 is 1.91 bits per heavy atom. The Bertz CT molecular complexity index is 621. The van der Waals surface area contributed by atoms with E-state index >= 15 is 0 Å². The molecule has 1 heterocycles. The van der Waals surface area contributed by atoms with E-state index in [1.54, 1.807) is 6.20 Å². The summed E-state index contributed by atoms with van der Waals surface area (Å²) in [7, 11) is 0. The smallest absolute Gasteiger partial charge is 0.220 e. The standard InChI is InChI=1S/C18H24N2O2/c1-13-11-20-17(22-13)12-19-16(21)10-7-14-5-8-15(9-6-14)18(2,3)4/h5-6,8-9,11H,7,10,12H2,1-4H3,(H,19,21). The molecular formula is C18H24N2O2. The van der Waals surface area contributed by atoms with Gasteiger partial charge >= 0.3 is 0 Å². The molecule has 0 saturated carbocycles. The van der Waals surface area contributed by atoms with Gasteiger partial charge in [0.1, 0.15) is 5.76 Å². The molecule has 4 nitrogen and oxygen atoms in total. The van der Waals surface area contributed by atoms with Crippen molar-refractivity contribution >= 4 is 5.91 Å². The molecule has 0 aliphatic rings. The maximum atomic E-state index is 11.8. The minimum Gasteiger partial charge on any atom is -0.444 e. The fourth-order valence-electron chi connectivity index (χ4n) is 2.18. The molecule has 0 saturated heterocycles. The number of amides is 1. The molecule has 1 N–H and O–H groups in total. The molecule has 0 unspecified atom stereocenters. The van der Waals surface area contributed by atoms with Crippen LogP contribution in [0.25, 0.3) is 0 Å². The molecule has 2 aromatic rings. The van der Waals surface area contributed by atoms with Crippen LogP contribution in [0.5, 0.6) is 0 Å². The van der Waals surface area contributed by atoms with Gasteiger partial charge in [0, 0.05) is 6.42 Å². The van der Waals surface area contributed by atoms with Crippen LogP contribution in [0.1, 0.15) is 50.0 Å². The highest BCUT2D eigenvalue weighted by Crippen LogP contribution is 2.22. The summed E-state index contributed by atoms with van der Waals surface area (Å²) < 4.78 is 5.32. The third kappa shape index (κ3) is 4.72. The van der Waals surface area contributed by atoms with Gasteiger partial charge in [0.25, 0.3) is 0 Å². The van der Waals surface area contributed by atoms with Crippen molar-refractivity contribution in [2.24, 2.45) is 0 Å². The first-order valence-electron chi connectivity index (χ1n) is 7.62. The number of benzene rings is 1. The Balaban J connectivity index is 1.78. The molecule has 2 rings (SSSR count). The quantitative estimate of drug-likeness (QED) is 0.919. The van der Waals surface area contributed by atoms with Gasteiger partial charge in [0.05, 0.1) is 12.7 Å². The average Bonchev–Trinajstić information content (AvgIpc) is 2.88. The van der Waals surface area contributed by atoms with Crippen LogP contribution in [-0.2, 0) is 23.2 Å². The summed E-state index contributed by atoms with van der Waals surface area (Å²) in [6.07, 6.45) is 2.85. The van der Waals surface area contributed by atoms with E-state index in [2.05, 4.69) is 55.3 Å². The van der Waals surface area contributed by atoms with E-state index in [1.807, 2.05) is 6.92 Å². The van der Waals surface area contributed by atoms with Crippen molar-refractivity contribution < 1.29 is 9.21 Å². The fourth-order valence-corrected chi connectivity index (χ4v) is 2.18. The molecule has 0 spiro atoms. The molecule has 0 atom stereocenters. The molecule has 1 aromatic carbocycles. The molecule has 0 radical (unpaired) electrons. The van der Waals surface area contributed by atoms with Gasteiger partial charge in [0.2, 0.25) is 11.8 Å². The third-order valence-corrected chi connectivity index (χ3v) is 3.57. The summed E-state index contributed by atoms with van der Waals surface area (Å²) in [5, 5.41) is 2.82. The van der Waals surface area contributed by atoms with Crippen LogP contribution < -0.4 is 5.32 Å². The molecule has 0 fully saturated rings. The highest BCUT2D eigenvalue weighted by molar-refractivity contribution is 5.76. The van der Waals surface area contributed by atoms with Crippen LogP contribution in [0.4, 0.5) is 0 Å². The number of hydrogen-bond acceptors (Lipinski definition) is 3. The first-order valence-corrected chi connectivity index (χ1v) is 7.62.